The maximum absolute atomic E-state index is 14.4. The number of hydrogen-bond donors (Lipinski definition) is 2. The predicted molar refractivity (Wildman–Crippen MR) is 79.2 cm³/mol. The van der Waals surface area contributed by atoms with E-state index in [1.807, 2.05) is 0 Å². The van der Waals surface area contributed by atoms with Crippen LogP contribution in [-0.4, -0.2) is 36.1 Å². The number of ketones is 1. The van der Waals surface area contributed by atoms with Crippen molar-refractivity contribution in [2.24, 2.45) is 0 Å². The molecule has 0 bridgehead atoms. The first-order valence-corrected chi connectivity index (χ1v) is 6.39. The summed E-state index contributed by atoms with van der Waals surface area (Å²) in [5.41, 5.74) is -0.157. The fraction of sp³-hybridized carbons (Fsp3) is 0.125. The van der Waals surface area contributed by atoms with Crippen molar-refractivity contribution in [3.8, 4) is 5.75 Å². The van der Waals surface area contributed by atoms with Crippen molar-refractivity contribution in [2.45, 2.75) is 0 Å². The number of benzene rings is 2. The number of aromatic carboxylic acids is 1. The molecule has 0 heterocycles. The van der Waals surface area contributed by atoms with Crippen LogP contribution in [0.25, 0.3) is 0 Å². The highest BCUT2D eigenvalue weighted by Gasteiger charge is 2.22. The lowest BCUT2D eigenvalue weighted by Crippen LogP contribution is -2.14. The molecule has 0 radical (unpaired) electrons. The van der Waals surface area contributed by atoms with Gasteiger partial charge in [0.2, 0.25) is 0 Å². The van der Waals surface area contributed by atoms with Crippen molar-refractivity contribution < 1.29 is 24.2 Å². The first-order chi connectivity index (χ1) is 10.3. The zero-order valence-electron chi connectivity index (χ0n) is 12.0. The number of rotatable bonds is 4. The van der Waals surface area contributed by atoms with Gasteiger partial charge in [-0.05, 0) is 24.3 Å². The number of carbonyl (C=O) groups is 2. The van der Waals surface area contributed by atoms with Gasteiger partial charge in [-0.15, -0.1) is 0 Å². The van der Waals surface area contributed by atoms with E-state index in [0.717, 1.165) is 0 Å². The number of anilines is 1. The van der Waals surface area contributed by atoms with Crippen molar-refractivity contribution in [3.63, 3.8) is 0 Å². The summed E-state index contributed by atoms with van der Waals surface area (Å²) in [5, 5.41) is 18.6. The second-order valence-electron chi connectivity index (χ2n) is 4.90. The summed E-state index contributed by atoms with van der Waals surface area (Å²) in [6.07, 6.45) is 0. The van der Waals surface area contributed by atoms with Gasteiger partial charge in [-0.2, -0.15) is 0 Å². The van der Waals surface area contributed by atoms with Gasteiger partial charge in [0.15, 0.2) is 11.6 Å². The number of carbonyl (C=O) groups excluding carboxylic acids is 1. The fourth-order valence-corrected chi connectivity index (χ4v) is 2.02. The van der Waals surface area contributed by atoms with Gasteiger partial charge >= 0.3 is 5.97 Å². The average Bonchev–Trinajstić information content (AvgIpc) is 2.46. The van der Waals surface area contributed by atoms with Gasteiger partial charge in [-0.3, -0.25) is 4.79 Å². The Balaban J connectivity index is 2.49. The molecule has 2 aromatic carbocycles. The van der Waals surface area contributed by atoms with Crippen molar-refractivity contribution in [3.05, 3.63) is 58.9 Å². The highest BCUT2D eigenvalue weighted by Crippen LogP contribution is 2.30. The number of nitrogens with zero attached hydrogens (tertiary/aromatic N) is 1. The molecule has 0 aliphatic carbocycles. The van der Waals surface area contributed by atoms with E-state index in [2.05, 4.69) is 0 Å². The molecule has 0 amide bonds. The third-order valence-electron chi connectivity index (χ3n) is 3.20. The highest BCUT2D eigenvalue weighted by molar-refractivity contribution is 6.11. The molecule has 114 valence electrons. The third-order valence-corrected chi connectivity index (χ3v) is 3.20. The lowest BCUT2D eigenvalue weighted by molar-refractivity contribution is 0.0696. The minimum absolute atomic E-state index is 0.0169. The van der Waals surface area contributed by atoms with Crippen LogP contribution in [0.5, 0.6) is 5.75 Å². The van der Waals surface area contributed by atoms with Crippen LogP contribution in [0.2, 0.25) is 0 Å². The van der Waals surface area contributed by atoms with Crippen LogP contribution in [0.1, 0.15) is 26.3 Å². The number of aromatic hydroxyl groups is 1. The highest BCUT2D eigenvalue weighted by atomic mass is 19.1. The minimum atomic E-state index is -1.12. The summed E-state index contributed by atoms with van der Waals surface area (Å²) in [6, 6.07) is 7.69. The van der Waals surface area contributed by atoms with Crippen molar-refractivity contribution in [1.82, 2.24) is 0 Å². The number of carboxylic acid groups (broad SMARTS) is 1. The van der Waals surface area contributed by atoms with E-state index in [9.17, 15) is 19.1 Å². The number of phenols is 1. The summed E-state index contributed by atoms with van der Waals surface area (Å²) < 4.78 is 14.4. The molecule has 0 saturated carbocycles. The van der Waals surface area contributed by atoms with Crippen LogP contribution in [0.15, 0.2) is 36.4 Å². The van der Waals surface area contributed by atoms with Gasteiger partial charge in [0.25, 0.3) is 0 Å². The zero-order valence-corrected chi connectivity index (χ0v) is 12.0. The predicted octanol–water partition coefficient (Wildman–Crippen LogP) is 2.53. The Morgan fingerprint density at radius 2 is 1.55 bits per heavy atom. The number of halogens is 1. The fourth-order valence-electron chi connectivity index (χ4n) is 2.02. The summed E-state index contributed by atoms with van der Waals surface area (Å²) in [6.45, 7) is 0. The summed E-state index contributed by atoms with van der Waals surface area (Å²) >= 11 is 0. The number of phenolic OH excluding ortho intramolecular Hbond substituents is 1. The minimum Gasteiger partial charge on any atom is -0.507 e. The number of hydrogen-bond acceptors (Lipinski definition) is 4. The number of carboxylic acids is 1. The molecule has 22 heavy (non-hydrogen) atoms. The van der Waals surface area contributed by atoms with Gasteiger partial charge in [-0.1, -0.05) is 12.1 Å². The molecule has 0 aliphatic heterocycles. The van der Waals surface area contributed by atoms with E-state index in [-0.39, 0.29) is 16.8 Å². The van der Waals surface area contributed by atoms with Crippen LogP contribution in [0.3, 0.4) is 0 Å². The Morgan fingerprint density at radius 3 is 2.05 bits per heavy atom. The summed E-state index contributed by atoms with van der Waals surface area (Å²) in [5.74, 6) is -3.12. The first-order valence-electron chi connectivity index (χ1n) is 6.39. The van der Waals surface area contributed by atoms with Crippen molar-refractivity contribution in [1.29, 1.82) is 0 Å². The average molecular weight is 303 g/mol. The molecule has 0 fully saturated rings. The van der Waals surface area contributed by atoms with Crippen LogP contribution in [0.4, 0.5) is 10.1 Å². The molecule has 0 spiro atoms. The lowest BCUT2D eigenvalue weighted by atomic mass is 10.00. The maximum atomic E-state index is 14.4. The normalized spacial score (nSPS) is 10.3. The zero-order chi connectivity index (χ0) is 16.4. The van der Waals surface area contributed by atoms with E-state index >= 15 is 0 Å². The van der Waals surface area contributed by atoms with E-state index < -0.39 is 28.9 Å². The van der Waals surface area contributed by atoms with Crippen LogP contribution in [0, 0.1) is 5.82 Å². The molecule has 6 heteroatoms. The van der Waals surface area contributed by atoms with Gasteiger partial charge in [0, 0.05) is 19.7 Å². The molecule has 5 nitrogen and oxygen atoms in total. The quantitative estimate of drug-likeness (QED) is 0.849. The van der Waals surface area contributed by atoms with E-state index in [1.165, 1.54) is 41.3 Å². The Morgan fingerprint density at radius 1 is 1.00 bits per heavy atom. The molecule has 0 atom stereocenters. The summed E-state index contributed by atoms with van der Waals surface area (Å²) in [7, 11) is 3.23. The van der Waals surface area contributed by atoms with Crippen LogP contribution >= 0.6 is 0 Å². The van der Waals surface area contributed by atoms with Gasteiger partial charge in [0.05, 0.1) is 11.3 Å². The van der Waals surface area contributed by atoms with Crippen molar-refractivity contribution in [2.75, 3.05) is 19.0 Å². The largest absolute Gasteiger partial charge is 0.507 e. The molecule has 2 aromatic rings. The lowest BCUT2D eigenvalue weighted by Gasteiger charge is -2.16. The van der Waals surface area contributed by atoms with E-state index in [1.54, 1.807) is 14.1 Å². The second kappa shape index (κ2) is 5.85. The van der Waals surface area contributed by atoms with Gasteiger partial charge < -0.3 is 15.1 Å². The topological polar surface area (TPSA) is 77.8 Å². The van der Waals surface area contributed by atoms with Crippen LogP contribution < -0.4 is 4.90 Å². The molecule has 0 saturated heterocycles. The molecule has 0 unspecified atom stereocenters. The molecule has 0 aliphatic rings. The molecule has 2 N–H and O–H groups in total. The Bertz CT molecular complexity index is 739. The SMILES string of the molecule is CN(C)c1ccc(O)c(C(=O)c2ccc(C(=O)O)cc2)c1F. The smallest absolute Gasteiger partial charge is 0.335 e. The summed E-state index contributed by atoms with van der Waals surface area (Å²) in [4.78, 5) is 24.7. The molecule has 2 rings (SSSR count). The Kier molecular flexibility index (Phi) is 4.12. The van der Waals surface area contributed by atoms with Crippen LogP contribution in [-0.2, 0) is 0 Å². The molecular weight excluding hydrogens is 289 g/mol. The van der Waals surface area contributed by atoms with Gasteiger partial charge in [-0.25, -0.2) is 9.18 Å². The third kappa shape index (κ3) is 2.76. The monoisotopic (exact) mass is 303 g/mol. The Labute approximate surface area is 126 Å². The van der Waals surface area contributed by atoms with E-state index in [4.69, 9.17) is 5.11 Å². The maximum Gasteiger partial charge on any atom is 0.335 e. The van der Waals surface area contributed by atoms with Crippen molar-refractivity contribution >= 4 is 17.4 Å². The first kappa shape index (κ1) is 15.5. The standard InChI is InChI=1S/C16H14FNO4/c1-18(2)11-7-8-12(19)13(14(11)17)15(20)9-3-5-10(6-4-9)16(21)22/h3-8,19H,1-2H3,(H,21,22). The van der Waals surface area contributed by atoms with E-state index in [0.29, 0.717) is 0 Å². The van der Waals surface area contributed by atoms with Gasteiger partial charge in [0.1, 0.15) is 11.3 Å². The Hall–Kier alpha value is -2.89. The molecule has 0 aromatic heterocycles. The second-order valence-corrected chi connectivity index (χ2v) is 4.90. The molecular formula is C16H14FNO4.